The molecule has 3 N–H and O–H groups in total. The topological polar surface area (TPSA) is 41.3 Å². The number of rotatable bonds is 3. The molecular weight excluding hydrogens is 246 g/mol. The second-order valence-corrected chi connectivity index (χ2v) is 6.61. The largest absolute Gasteiger partial charge is 0.323 e. The minimum absolute atomic E-state index is 0.161. The number of nitrogens with one attached hydrogen (secondary N) is 1. The number of nitrogens with zero attached hydrogens (tertiary/aromatic N) is 1. The number of hydrogen-bond acceptors (Lipinski definition) is 3. The summed E-state index contributed by atoms with van der Waals surface area (Å²) in [6, 6.07) is 10.5. The van der Waals surface area contributed by atoms with Crippen molar-refractivity contribution < 1.29 is 0 Å². The highest BCUT2D eigenvalue weighted by Gasteiger charge is 2.31. The van der Waals surface area contributed by atoms with Gasteiger partial charge in [-0.3, -0.25) is 0 Å². The van der Waals surface area contributed by atoms with Gasteiger partial charge in [-0.15, -0.1) is 0 Å². The zero-order valence-electron chi connectivity index (χ0n) is 12.7. The molecular formula is C17H27N3. The summed E-state index contributed by atoms with van der Waals surface area (Å²) >= 11 is 0. The fourth-order valence-corrected chi connectivity index (χ4v) is 3.67. The maximum absolute atomic E-state index is 6.41. The lowest BCUT2D eigenvalue weighted by Crippen LogP contribution is -2.49. The predicted octanol–water partition coefficient (Wildman–Crippen LogP) is 2.07. The van der Waals surface area contributed by atoms with Crippen molar-refractivity contribution in [2.75, 3.05) is 13.1 Å². The smallest absolute Gasteiger partial charge is 0.0456 e. The molecule has 1 aromatic carbocycles. The van der Waals surface area contributed by atoms with E-state index in [1.807, 2.05) is 0 Å². The third kappa shape index (κ3) is 2.76. The van der Waals surface area contributed by atoms with Gasteiger partial charge in [0.2, 0.25) is 0 Å². The minimum atomic E-state index is 0.161. The molecule has 1 aliphatic heterocycles. The van der Waals surface area contributed by atoms with Crippen LogP contribution >= 0.6 is 0 Å². The Balaban J connectivity index is 1.56. The molecule has 1 saturated heterocycles. The van der Waals surface area contributed by atoms with E-state index in [-0.39, 0.29) is 6.04 Å². The van der Waals surface area contributed by atoms with E-state index in [0.717, 1.165) is 6.42 Å². The summed E-state index contributed by atoms with van der Waals surface area (Å²) < 4.78 is 0. The van der Waals surface area contributed by atoms with Gasteiger partial charge in [0.1, 0.15) is 0 Å². The maximum atomic E-state index is 6.41. The first-order valence-electron chi connectivity index (χ1n) is 7.98. The van der Waals surface area contributed by atoms with Crippen molar-refractivity contribution in [3.63, 3.8) is 0 Å². The standard InChI is InChI=1S/C17H27N3/c1-12(2)20-9-7-14(8-10-20)19-16-11-13-5-3-4-6-15(13)17(16)18/h3-6,12,14,16-17,19H,7-11,18H2,1-2H3/t16-,17-/m1/s1. The van der Waals surface area contributed by atoms with Gasteiger partial charge in [0, 0.05) is 24.2 Å². The molecule has 3 heteroatoms. The van der Waals surface area contributed by atoms with Gasteiger partial charge in [0.15, 0.2) is 0 Å². The summed E-state index contributed by atoms with van der Waals surface area (Å²) in [5.41, 5.74) is 9.18. The van der Waals surface area contributed by atoms with Crippen LogP contribution in [0.2, 0.25) is 0 Å². The lowest BCUT2D eigenvalue weighted by Gasteiger charge is -2.36. The van der Waals surface area contributed by atoms with Gasteiger partial charge in [-0.2, -0.15) is 0 Å². The quantitative estimate of drug-likeness (QED) is 0.886. The molecule has 0 unspecified atom stereocenters. The highest BCUT2D eigenvalue weighted by molar-refractivity contribution is 5.36. The van der Waals surface area contributed by atoms with Crippen LogP contribution in [0.15, 0.2) is 24.3 Å². The van der Waals surface area contributed by atoms with Gasteiger partial charge in [-0.1, -0.05) is 24.3 Å². The lowest BCUT2D eigenvalue weighted by molar-refractivity contribution is 0.155. The predicted molar refractivity (Wildman–Crippen MR) is 83.7 cm³/mol. The number of benzene rings is 1. The van der Waals surface area contributed by atoms with Crippen LogP contribution in [-0.2, 0) is 6.42 Å². The van der Waals surface area contributed by atoms with E-state index in [2.05, 4.69) is 48.3 Å². The monoisotopic (exact) mass is 273 g/mol. The van der Waals surface area contributed by atoms with E-state index in [1.54, 1.807) is 0 Å². The SMILES string of the molecule is CC(C)N1CCC(N[C@@H]2Cc3ccccc3[C@H]2N)CC1. The molecule has 1 aromatic rings. The Morgan fingerprint density at radius 2 is 1.90 bits per heavy atom. The maximum Gasteiger partial charge on any atom is 0.0456 e. The van der Waals surface area contributed by atoms with Crippen molar-refractivity contribution in [3.05, 3.63) is 35.4 Å². The van der Waals surface area contributed by atoms with Crippen LogP contribution in [0.3, 0.4) is 0 Å². The molecule has 20 heavy (non-hydrogen) atoms. The third-order valence-corrected chi connectivity index (χ3v) is 5.00. The van der Waals surface area contributed by atoms with Crippen LogP contribution in [0.25, 0.3) is 0 Å². The van der Waals surface area contributed by atoms with Crippen molar-refractivity contribution >= 4 is 0 Å². The van der Waals surface area contributed by atoms with Gasteiger partial charge in [-0.25, -0.2) is 0 Å². The van der Waals surface area contributed by atoms with Crippen LogP contribution in [-0.4, -0.2) is 36.1 Å². The number of hydrogen-bond donors (Lipinski definition) is 2. The Morgan fingerprint density at radius 3 is 2.55 bits per heavy atom. The molecule has 3 rings (SSSR count). The molecule has 0 aromatic heterocycles. The minimum Gasteiger partial charge on any atom is -0.323 e. The van der Waals surface area contributed by atoms with Crippen LogP contribution in [0.1, 0.15) is 43.9 Å². The summed E-state index contributed by atoms with van der Waals surface area (Å²) in [6.45, 7) is 7.00. The lowest BCUT2D eigenvalue weighted by atomic mass is 10.0. The van der Waals surface area contributed by atoms with Crippen LogP contribution in [0.5, 0.6) is 0 Å². The highest BCUT2D eigenvalue weighted by Crippen LogP contribution is 2.30. The second-order valence-electron chi connectivity index (χ2n) is 6.61. The fourth-order valence-electron chi connectivity index (χ4n) is 3.67. The van der Waals surface area contributed by atoms with Crippen molar-refractivity contribution in [2.45, 2.75) is 57.3 Å². The average Bonchev–Trinajstić information content (AvgIpc) is 2.77. The van der Waals surface area contributed by atoms with Gasteiger partial charge in [0.05, 0.1) is 0 Å². The summed E-state index contributed by atoms with van der Waals surface area (Å²) in [6.07, 6.45) is 3.58. The van der Waals surface area contributed by atoms with E-state index in [9.17, 15) is 0 Å². The molecule has 0 radical (unpaired) electrons. The summed E-state index contributed by atoms with van der Waals surface area (Å²) in [7, 11) is 0. The van der Waals surface area contributed by atoms with Gasteiger partial charge < -0.3 is 16.0 Å². The van der Waals surface area contributed by atoms with E-state index < -0.39 is 0 Å². The summed E-state index contributed by atoms with van der Waals surface area (Å²) in [5, 5.41) is 3.82. The van der Waals surface area contributed by atoms with E-state index in [4.69, 9.17) is 5.73 Å². The third-order valence-electron chi connectivity index (χ3n) is 5.00. The van der Waals surface area contributed by atoms with Gasteiger partial charge in [-0.05, 0) is 57.3 Å². The molecule has 2 aliphatic rings. The molecule has 2 atom stereocenters. The van der Waals surface area contributed by atoms with Crippen LogP contribution < -0.4 is 11.1 Å². The first-order chi connectivity index (χ1) is 9.65. The van der Waals surface area contributed by atoms with Gasteiger partial charge >= 0.3 is 0 Å². The van der Waals surface area contributed by atoms with Crippen molar-refractivity contribution in [3.8, 4) is 0 Å². The number of nitrogens with two attached hydrogens (primary N) is 1. The number of piperidine rings is 1. The van der Waals surface area contributed by atoms with E-state index >= 15 is 0 Å². The first kappa shape index (κ1) is 14.1. The molecule has 3 nitrogen and oxygen atoms in total. The Hall–Kier alpha value is -0.900. The Labute approximate surface area is 122 Å². The Bertz CT molecular complexity index is 449. The van der Waals surface area contributed by atoms with Crippen LogP contribution in [0.4, 0.5) is 0 Å². The highest BCUT2D eigenvalue weighted by atomic mass is 15.2. The molecule has 0 bridgehead atoms. The molecule has 1 fully saturated rings. The Kier molecular flexibility index (Phi) is 4.11. The zero-order chi connectivity index (χ0) is 14.1. The molecule has 0 amide bonds. The van der Waals surface area contributed by atoms with E-state index in [0.29, 0.717) is 18.1 Å². The molecule has 1 heterocycles. The molecule has 1 aliphatic carbocycles. The van der Waals surface area contributed by atoms with Crippen molar-refractivity contribution in [2.24, 2.45) is 5.73 Å². The van der Waals surface area contributed by atoms with Crippen molar-refractivity contribution in [1.82, 2.24) is 10.2 Å². The zero-order valence-corrected chi connectivity index (χ0v) is 12.7. The van der Waals surface area contributed by atoms with E-state index in [1.165, 1.54) is 37.1 Å². The van der Waals surface area contributed by atoms with Gasteiger partial charge in [0.25, 0.3) is 0 Å². The average molecular weight is 273 g/mol. The number of likely N-dealkylation sites (tertiary alicyclic amines) is 1. The summed E-state index contributed by atoms with van der Waals surface area (Å²) in [4.78, 5) is 2.57. The van der Waals surface area contributed by atoms with Crippen LogP contribution in [0, 0.1) is 0 Å². The normalized spacial score (nSPS) is 28.0. The first-order valence-corrected chi connectivity index (χ1v) is 7.98. The summed E-state index contributed by atoms with van der Waals surface area (Å²) in [5.74, 6) is 0. The molecule has 0 saturated carbocycles. The Morgan fingerprint density at radius 1 is 1.20 bits per heavy atom. The second kappa shape index (κ2) is 5.84. The molecule has 110 valence electrons. The van der Waals surface area contributed by atoms with Crippen molar-refractivity contribution in [1.29, 1.82) is 0 Å². The number of fused-ring (bicyclic) bond motifs is 1. The fraction of sp³-hybridized carbons (Fsp3) is 0.647. The molecule has 0 spiro atoms.